The summed E-state index contributed by atoms with van der Waals surface area (Å²) in [7, 11) is 1.32. The Balaban J connectivity index is 3.21. The van der Waals surface area contributed by atoms with E-state index in [1.165, 1.54) is 13.1 Å². The van der Waals surface area contributed by atoms with Crippen LogP contribution in [0.2, 0.25) is 0 Å². The van der Waals surface area contributed by atoms with E-state index in [2.05, 4.69) is 9.97 Å². The molecule has 0 aliphatic rings. The first-order valence-corrected chi connectivity index (χ1v) is 4.33. The topological polar surface area (TPSA) is 87.7 Å². The highest BCUT2D eigenvalue weighted by molar-refractivity contribution is 5.72. The smallest absolute Gasteiger partial charge is 0.329 e. The predicted octanol–water partition coefficient (Wildman–Crippen LogP) is -0.776. The van der Waals surface area contributed by atoms with Crippen LogP contribution >= 0.6 is 0 Å². The highest BCUT2D eigenvalue weighted by Crippen LogP contribution is 1.96. The molecule has 2 aromatic heterocycles. The monoisotopic (exact) mass is 207 g/mol. The summed E-state index contributed by atoms with van der Waals surface area (Å²) < 4.78 is 0.868. The molecular formula is C9H9N3O3. The van der Waals surface area contributed by atoms with Crippen LogP contribution in [0.3, 0.4) is 0 Å². The lowest BCUT2D eigenvalue weighted by Gasteiger charge is -2.01. The van der Waals surface area contributed by atoms with E-state index in [1.54, 1.807) is 6.92 Å². The largest absolute Gasteiger partial charge is 0.345 e. The van der Waals surface area contributed by atoms with E-state index in [4.69, 9.17) is 0 Å². The van der Waals surface area contributed by atoms with Crippen molar-refractivity contribution in [2.24, 2.45) is 7.05 Å². The molecule has 0 spiro atoms. The number of nitrogens with zero attached hydrogens (tertiary/aromatic N) is 1. The summed E-state index contributed by atoms with van der Waals surface area (Å²) in [6.45, 7) is 1.68. The minimum atomic E-state index is -0.588. The summed E-state index contributed by atoms with van der Waals surface area (Å²) in [6, 6.07) is 1.32. The van der Waals surface area contributed by atoms with Crippen LogP contribution in [-0.4, -0.2) is 14.5 Å². The quantitative estimate of drug-likeness (QED) is 0.594. The molecule has 2 heterocycles. The summed E-state index contributed by atoms with van der Waals surface area (Å²) in [5, 5.41) is -0.0253. The number of hydrogen-bond acceptors (Lipinski definition) is 3. The zero-order valence-corrected chi connectivity index (χ0v) is 8.25. The number of aryl methyl sites for hydroxylation is 1. The Kier molecular flexibility index (Phi) is 1.85. The number of aromatic amines is 2. The van der Waals surface area contributed by atoms with E-state index >= 15 is 0 Å². The summed E-state index contributed by atoms with van der Waals surface area (Å²) >= 11 is 0. The van der Waals surface area contributed by atoms with Crippen molar-refractivity contribution in [1.29, 1.82) is 0 Å². The van der Waals surface area contributed by atoms with Crippen LogP contribution in [-0.2, 0) is 7.05 Å². The maximum absolute atomic E-state index is 11.6. The Bertz CT molecular complexity index is 705. The SMILES string of the molecule is Cc1cc(=O)c2c(=O)n(C)c(=O)[nH]c2[nH]1. The van der Waals surface area contributed by atoms with Crippen molar-refractivity contribution in [3.63, 3.8) is 0 Å². The zero-order valence-electron chi connectivity index (χ0n) is 8.25. The molecule has 0 aliphatic carbocycles. The average Bonchev–Trinajstić information content (AvgIpc) is 2.13. The van der Waals surface area contributed by atoms with Gasteiger partial charge in [-0.25, -0.2) is 4.79 Å². The van der Waals surface area contributed by atoms with Gasteiger partial charge < -0.3 is 4.98 Å². The minimum absolute atomic E-state index is 0.0253. The Morgan fingerprint density at radius 1 is 1.20 bits per heavy atom. The van der Waals surface area contributed by atoms with Gasteiger partial charge in [0.1, 0.15) is 11.0 Å². The van der Waals surface area contributed by atoms with Crippen LogP contribution < -0.4 is 16.7 Å². The Hall–Kier alpha value is -2.11. The molecule has 0 radical (unpaired) electrons. The van der Waals surface area contributed by atoms with E-state index in [0.717, 1.165) is 4.57 Å². The Morgan fingerprint density at radius 3 is 2.53 bits per heavy atom. The third kappa shape index (κ3) is 1.30. The predicted molar refractivity (Wildman–Crippen MR) is 55.2 cm³/mol. The van der Waals surface area contributed by atoms with Gasteiger partial charge in [0.05, 0.1) is 0 Å². The molecule has 0 unspecified atom stereocenters. The molecule has 0 atom stereocenters. The van der Waals surface area contributed by atoms with Crippen LogP contribution in [0.15, 0.2) is 20.4 Å². The molecule has 6 heteroatoms. The molecule has 2 rings (SSSR count). The third-order valence-corrected chi connectivity index (χ3v) is 2.22. The van der Waals surface area contributed by atoms with E-state index < -0.39 is 16.7 Å². The van der Waals surface area contributed by atoms with E-state index in [-0.39, 0.29) is 11.0 Å². The molecular weight excluding hydrogens is 198 g/mol. The fourth-order valence-corrected chi connectivity index (χ4v) is 1.44. The lowest BCUT2D eigenvalue weighted by molar-refractivity contribution is 0.789. The number of H-pyrrole nitrogens is 2. The summed E-state index contributed by atoms with van der Waals surface area (Å²) in [5.74, 6) is 0. The molecule has 2 N–H and O–H groups in total. The van der Waals surface area contributed by atoms with Crippen molar-refractivity contribution in [3.8, 4) is 0 Å². The Labute approximate surface area is 83.2 Å². The van der Waals surface area contributed by atoms with Gasteiger partial charge in [0.2, 0.25) is 0 Å². The molecule has 78 valence electrons. The second-order valence-corrected chi connectivity index (χ2v) is 3.36. The van der Waals surface area contributed by atoms with Crippen LogP contribution in [0.5, 0.6) is 0 Å². The van der Waals surface area contributed by atoms with Gasteiger partial charge in [0, 0.05) is 18.8 Å². The third-order valence-electron chi connectivity index (χ3n) is 2.22. The van der Waals surface area contributed by atoms with Gasteiger partial charge in [0.15, 0.2) is 5.43 Å². The fraction of sp³-hybridized carbons (Fsp3) is 0.222. The van der Waals surface area contributed by atoms with Crippen LogP contribution in [0.4, 0.5) is 0 Å². The summed E-state index contributed by atoms with van der Waals surface area (Å²) in [5.41, 5.74) is -0.758. The molecule has 0 fully saturated rings. The van der Waals surface area contributed by atoms with Crippen molar-refractivity contribution >= 4 is 11.0 Å². The van der Waals surface area contributed by atoms with Crippen LogP contribution in [0.1, 0.15) is 5.69 Å². The highest BCUT2D eigenvalue weighted by Gasteiger charge is 2.08. The van der Waals surface area contributed by atoms with Crippen molar-refractivity contribution < 1.29 is 0 Å². The second-order valence-electron chi connectivity index (χ2n) is 3.36. The van der Waals surface area contributed by atoms with Crippen molar-refractivity contribution in [1.82, 2.24) is 14.5 Å². The number of pyridine rings is 1. The average molecular weight is 207 g/mol. The van der Waals surface area contributed by atoms with E-state index in [1.807, 2.05) is 0 Å². The lowest BCUT2D eigenvalue weighted by atomic mass is 10.3. The first-order valence-electron chi connectivity index (χ1n) is 4.33. The van der Waals surface area contributed by atoms with Gasteiger partial charge in [-0.3, -0.25) is 19.1 Å². The molecule has 0 bridgehead atoms. The van der Waals surface area contributed by atoms with Crippen molar-refractivity contribution in [2.75, 3.05) is 0 Å². The lowest BCUT2D eigenvalue weighted by Crippen LogP contribution is -2.35. The molecule has 0 saturated carbocycles. The molecule has 2 aromatic rings. The van der Waals surface area contributed by atoms with Gasteiger partial charge in [-0.1, -0.05) is 0 Å². The van der Waals surface area contributed by atoms with Gasteiger partial charge in [-0.2, -0.15) is 0 Å². The number of hydrogen-bond donors (Lipinski definition) is 2. The standard InChI is InChI=1S/C9H9N3O3/c1-4-3-5(13)6-7(10-4)11-9(15)12(2)8(6)14/h3H,1-2H3,(H2,10,11,13,15). The molecule has 0 saturated heterocycles. The van der Waals surface area contributed by atoms with Gasteiger partial charge in [-0.15, -0.1) is 0 Å². The normalized spacial score (nSPS) is 10.8. The zero-order chi connectivity index (χ0) is 11.2. The van der Waals surface area contributed by atoms with Gasteiger partial charge in [-0.05, 0) is 6.92 Å². The van der Waals surface area contributed by atoms with Crippen LogP contribution in [0.25, 0.3) is 11.0 Å². The van der Waals surface area contributed by atoms with E-state index in [0.29, 0.717) is 5.69 Å². The molecule has 0 amide bonds. The highest BCUT2D eigenvalue weighted by atomic mass is 16.2. The van der Waals surface area contributed by atoms with Crippen molar-refractivity contribution in [2.45, 2.75) is 6.92 Å². The van der Waals surface area contributed by atoms with Gasteiger partial charge >= 0.3 is 5.69 Å². The van der Waals surface area contributed by atoms with Crippen LogP contribution in [0, 0.1) is 6.92 Å². The van der Waals surface area contributed by atoms with E-state index in [9.17, 15) is 14.4 Å². The number of rotatable bonds is 0. The first-order chi connectivity index (χ1) is 7.00. The number of fused-ring (bicyclic) bond motifs is 1. The first kappa shape index (κ1) is 9.45. The summed E-state index contributed by atoms with van der Waals surface area (Å²) in [4.78, 5) is 39.6. The fourth-order valence-electron chi connectivity index (χ4n) is 1.44. The maximum Gasteiger partial charge on any atom is 0.329 e. The molecule has 6 nitrogen and oxygen atoms in total. The Morgan fingerprint density at radius 2 is 1.87 bits per heavy atom. The molecule has 0 aliphatic heterocycles. The maximum atomic E-state index is 11.6. The second kappa shape index (κ2) is 2.94. The van der Waals surface area contributed by atoms with Gasteiger partial charge in [0.25, 0.3) is 5.56 Å². The number of nitrogens with one attached hydrogen (secondary N) is 2. The molecule has 15 heavy (non-hydrogen) atoms. The summed E-state index contributed by atoms with van der Waals surface area (Å²) in [6.07, 6.45) is 0. The van der Waals surface area contributed by atoms with Crippen molar-refractivity contribution in [3.05, 3.63) is 42.8 Å². The molecule has 0 aromatic carbocycles. The number of aromatic nitrogens is 3. The minimum Gasteiger partial charge on any atom is -0.345 e.